The Hall–Kier alpha value is -0.820. The van der Waals surface area contributed by atoms with E-state index < -0.39 is 0 Å². The molecule has 0 heterocycles. The minimum absolute atomic E-state index is 0.0542. The van der Waals surface area contributed by atoms with Gasteiger partial charge in [-0.3, -0.25) is 0 Å². The normalized spacial score (nSPS) is 11.6. The summed E-state index contributed by atoms with van der Waals surface area (Å²) in [6.07, 6.45) is 0.963. The van der Waals surface area contributed by atoms with Crippen molar-refractivity contribution in [3.63, 3.8) is 0 Å². The van der Waals surface area contributed by atoms with Crippen LogP contribution in [0.2, 0.25) is 0 Å². The van der Waals surface area contributed by atoms with Crippen LogP contribution in [0, 0.1) is 0 Å². The fourth-order valence-electron chi connectivity index (χ4n) is 1.16. The van der Waals surface area contributed by atoms with Gasteiger partial charge in [0, 0.05) is 13.5 Å². The summed E-state index contributed by atoms with van der Waals surface area (Å²) in [7, 11) is 1.75. The molecule has 0 amide bonds. The molecule has 0 aliphatic carbocycles. The monoisotopic (exact) mass is 164 g/mol. The third-order valence-electron chi connectivity index (χ3n) is 2.03. The fraction of sp³-hybridized carbons (Fsp3) is 0.455. The van der Waals surface area contributed by atoms with Crippen molar-refractivity contribution in [2.45, 2.75) is 25.9 Å². The fourth-order valence-corrected chi connectivity index (χ4v) is 1.16. The predicted molar refractivity (Wildman–Crippen MR) is 51.2 cm³/mol. The molecule has 1 nitrogen and oxygen atoms in total. The van der Waals surface area contributed by atoms with Gasteiger partial charge in [-0.25, -0.2) is 0 Å². The van der Waals surface area contributed by atoms with Gasteiger partial charge in [-0.1, -0.05) is 30.3 Å². The Labute approximate surface area is 74.4 Å². The van der Waals surface area contributed by atoms with Crippen LogP contribution >= 0.6 is 0 Å². The summed E-state index contributed by atoms with van der Waals surface area (Å²) < 4.78 is 5.34. The molecular weight excluding hydrogens is 148 g/mol. The van der Waals surface area contributed by atoms with E-state index in [1.165, 1.54) is 5.56 Å². The summed E-state index contributed by atoms with van der Waals surface area (Å²) in [5.74, 6) is 0. The van der Waals surface area contributed by atoms with E-state index in [0.717, 1.165) is 6.42 Å². The van der Waals surface area contributed by atoms with E-state index in [0.29, 0.717) is 0 Å². The van der Waals surface area contributed by atoms with E-state index in [2.05, 4.69) is 38.1 Å². The zero-order valence-corrected chi connectivity index (χ0v) is 8.00. The van der Waals surface area contributed by atoms with E-state index in [1.54, 1.807) is 7.11 Å². The molecule has 1 aromatic carbocycles. The number of benzene rings is 1. The van der Waals surface area contributed by atoms with Gasteiger partial charge in [0.2, 0.25) is 0 Å². The quantitative estimate of drug-likeness (QED) is 0.667. The first-order valence-corrected chi connectivity index (χ1v) is 4.23. The van der Waals surface area contributed by atoms with Crippen LogP contribution in [0.15, 0.2) is 30.3 Å². The molecule has 0 saturated heterocycles. The van der Waals surface area contributed by atoms with Gasteiger partial charge in [-0.05, 0) is 19.4 Å². The number of hydrogen-bond donors (Lipinski definition) is 0. The number of methoxy groups -OCH3 is 1. The van der Waals surface area contributed by atoms with Crippen LogP contribution in [-0.4, -0.2) is 12.7 Å². The zero-order valence-electron chi connectivity index (χ0n) is 8.00. The molecule has 0 aromatic heterocycles. The van der Waals surface area contributed by atoms with Crippen molar-refractivity contribution >= 4 is 0 Å². The molecule has 1 rings (SSSR count). The molecule has 1 aromatic rings. The molecule has 0 aliphatic rings. The maximum absolute atomic E-state index is 5.34. The SMILES string of the molecule is COC(C)(C)Cc1ccccc1. The van der Waals surface area contributed by atoms with Crippen molar-refractivity contribution in [1.29, 1.82) is 0 Å². The van der Waals surface area contributed by atoms with E-state index in [1.807, 2.05) is 6.07 Å². The first-order valence-electron chi connectivity index (χ1n) is 4.23. The third-order valence-corrected chi connectivity index (χ3v) is 2.03. The van der Waals surface area contributed by atoms with E-state index >= 15 is 0 Å². The van der Waals surface area contributed by atoms with Crippen LogP contribution in [0.4, 0.5) is 0 Å². The van der Waals surface area contributed by atoms with Crippen molar-refractivity contribution in [3.8, 4) is 0 Å². The highest BCUT2D eigenvalue weighted by atomic mass is 16.5. The van der Waals surface area contributed by atoms with Crippen LogP contribution in [0.25, 0.3) is 0 Å². The lowest BCUT2D eigenvalue weighted by Crippen LogP contribution is -2.25. The Morgan fingerprint density at radius 1 is 1.17 bits per heavy atom. The second-order valence-corrected chi connectivity index (χ2v) is 3.63. The zero-order chi connectivity index (χ0) is 9.03. The first-order chi connectivity index (χ1) is 5.64. The second-order valence-electron chi connectivity index (χ2n) is 3.63. The van der Waals surface area contributed by atoms with Crippen molar-refractivity contribution in [2.24, 2.45) is 0 Å². The topological polar surface area (TPSA) is 9.23 Å². The van der Waals surface area contributed by atoms with E-state index in [-0.39, 0.29) is 5.60 Å². The minimum atomic E-state index is -0.0542. The molecule has 0 N–H and O–H groups in total. The van der Waals surface area contributed by atoms with Crippen molar-refractivity contribution in [1.82, 2.24) is 0 Å². The lowest BCUT2D eigenvalue weighted by Gasteiger charge is -2.22. The van der Waals surface area contributed by atoms with Gasteiger partial charge in [0.25, 0.3) is 0 Å². The van der Waals surface area contributed by atoms with E-state index in [4.69, 9.17) is 4.74 Å². The summed E-state index contributed by atoms with van der Waals surface area (Å²) in [6, 6.07) is 10.4. The molecule has 12 heavy (non-hydrogen) atoms. The van der Waals surface area contributed by atoms with E-state index in [9.17, 15) is 0 Å². The van der Waals surface area contributed by atoms with Crippen LogP contribution < -0.4 is 0 Å². The minimum Gasteiger partial charge on any atom is -0.378 e. The van der Waals surface area contributed by atoms with Gasteiger partial charge in [-0.15, -0.1) is 0 Å². The smallest absolute Gasteiger partial charge is 0.0662 e. The van der Waals surface area contributed by atoms with Crippen LogP contribution in [0.1, 0.15) is 19.4 Å². The lowest BCUT2D eigenvalue weighted by molar-refractivity contribution is 0.0232. The molecular formula is C11H16O. The molecule has 0 aliphatic heterocycles. The van der Waals surface area contributed by atoms with Crippen LogP contribution in [-0.2, 0) is 11.2 Å². The molecule has 0 unspecified atom stereocenters. The molecule has 0 fully saturated rings. The van der Waals surface area contributed by atoms with Crippen molar-refractivity contribution in [2.75, 3.05) is 7.11 Å². The van der Waals surface area contributed by atoms with Gasteiger partial charge in [-0.2, -0.15) is 0 Å². The standard InChI is InChI=1S/C11H16O/c1-11(2,12-3)9-10-7-5-4-6-8-10/h4-8H,9H2,1-3H3. The van der Waals surface area contributed by atoms with Gasteiger partial charge in [0.05, 0.1) is 5.60 Å². The molecule has 0 atom stereocenters. The summed E-state index contributed by atoms with van der Waals surface area (Å²) >= 11 is 0. The lowest BCUT2D eigenvalue weighted by atomic mass is 9.99. The number of rotatable bonds is 3. The summed E-state index contributed by atoms with van der Waals surface area (Å²) in [6.45, 7) is 4.19. The average Bonchev–Trinajstić information content (AvgIpc) is 2.06. The van der Waals surface area contributed by atoms with Gasteiger partial charge >= 0.3 is 0 Å². The van der Waals surface area contributed by atoms with Crippen molar-refractivity contribution < 1.29 is 4.74 Å². The van der Waals surface area contributed by atoms with Gasteiger partial charge in [0.15, 0.2) is 0 Å². The third kappa shape index (κ3) is 2.67. The Bertz CT molecular complexity index is 226. The highest BCUT2D eigenvalue weighted by molar-refractivity contribution is 5.16. The van der Waals surface area contributed by atoms with Gasteiger partial charge < -0.3 is 4.74 Å². The number of hydrogen-bond acceptors (Lipinski definition) is 1. The molecule has 0 spiro atoms. The molecule has 0 radical (unpaired) electrons. The predicted octanol–water partition coefficient (Wildman–Crippen LogP) is 2.65. The summed E-state index contributed by atoms with van der Waals surface area (Å²) in [4.78, 5) is 0. The molecule has 1 heteroatoms. The highest BCUT2D eigenvalue weighted by Crippen LogP contribution is 2.15. The Morgan fingerprint density at radius 3 is 2.25 bits per heavy atom. The number of ether oxygens (including phenoxy) is 1. The Morgan fingerprint density at radius 2 is 1.75 bits per heavy atom. The summed E-state index contributed by atoms with van der Waals surface area (Å²) in [5.41, 5.74) is 1.27. The second kappa shape index (κ2) is 3.72. The highest BCUT2D eigenvalue weighted by Gasteiger charge is 2.16. The first kappa shape index (κ1) is 9.27. The molecule has 0 saturated carbocycles. The maximum Gasteiger partial charge on any atom is 0.0662 e. The Kier molecular flexibility index (Phi) is 2.88. The Balaban J connectivity index is 2.64. The van der Waals surface area contributed by atoms with Crippen molar-refractivity contribution in [3.05, 3.63) is 35.9 Å². The maximum atomic E-state index is 5.34. The van der Waals surface area contributed by atoms with Gasteiger partial charge in [0.1, 0.15) is 0 Å². The summed E-state index contributed by atoms with van der Waals surface area (Å²) in [5, 5.41) is 0. The largest absolute Gasteiger partial charge is 0.378 e. The average molecular weight is 164 g/mol. The van der Waals surface area contributed by atoms with Crippen LogP contribution in [0.3, 0.4) is 0 Å². The van der Waals surface area contributed by atoms with Crippen LogP contribution in [0.5, 0.6) is 0 Å². The molecule has 66 valence electrons. The molecule has 0 bridgehead atoms.